The van der Waals surface area contributed by atoms with Crippen molar-refractivity contribution in [2.24, 2.45) is 0 Å². The van der Waals surface area contributed by atoms with Gasteiger partial charge < -0.3 is 0 Å². The van der Waals surface area contributed by atoms with E-state index in [0.717, 1.165) is 17.6 Å². The molecule has 1 heterocycles. The Morgan fingerprint density at radius 3 is 1.83 bits per heavy atom. The number of hydrogen-bond donors (Lipinski definition) is 0. The average Bonchev–Trinajstić information content (AvgIpc) is 2.67. The summed E-state index contributed by atoms with van der Waals surface area (Å²) in [6.07, 6.45) is 0.902. The van der Waals surface area contributed by atoms with Gasteiger partial charge in [-0.3, -0.25) is 4.98 Å². The normalized spacial score (nSPS) is 11.0. The second-order valence-electron chi connectivity index (χ2n) is 6.07. The van der Waals surface area contributed by atoms with Crippen molar-refractivity contribution in [1.29, 1.82) is 0 Å². The van der Waals surface area contributed by atoms with Crippen molar-refractivity contribution in [3.05, 3.63) is 114 Å². The zero-order chi connectivity index (χ0) is 16.2. The first kappa shape index (κ1) is 14.6. The summed E-state index contributed by atoms with van der Waals surface area (Å²) in [6, 6.07) is 34.0. The third-order valence-corrected chi connectivity index (χ3v) is 4.47. The Morgan fingerprint density at radius 2 is 1.17 bits per heavy atom. The van der Waals surface area contributed by atoms with E-state index in [-0.39, 0.29) is 0 Å². The number of fused-ring (bicyclic) bond motifs is 1. The smallest absolute Gasteiger partial charge is 0.0705 e. The predicted octanol–water partition coefficient (Wildman–Crippen LogP) is 5.61. The molecule has 0 bridgehead atoms. The summed E-state index contributed by atoms with van der Waals surface area (Å²) in [5, 5.41) is 1.19. The highest BCUT2D eigenvalue weighted by atomic mass is 14.7. The topological polar surface area (TPSA) is 12.9 Å². The zero-order valence-electron chi connectivity index (χ0n) is 13.5. The SMILES string of the molecule is c1ccc(C(Cc2ccc3ccccc3n2)c2ccccc2)cc1. The van der Waals surface area contributed by atoms with Crippen LogP contribution in [0.25, 0.3) is 10.9 Å². The number of pyridine rings is 1. The first-order valence-corrected chi connectivity index (χ1v) is 8.35. The maximum absolute atomic E-state index is 4.87. The minimum atomic E-state index is 0.320. The third kappa shape index (κ3) is 3.07. The number of para-hydroxylation sites is 1. The van der Waals surface area contributed by atoms with Crippen molar-refractivity contribution in [3.63, 3.8) is 0 Å². The molecule has 3 aromatic carbocycles. The number of nitrogens with zero attached hydrogens (tertiary/aromatic N) is 1. The summed E-state index contributed by atoms with van der Waals surface area (Å²) in [7, 11) is 0. The van der Waals surface area contributed by atoms with Crippen LogP contribution < -0.4 is 0 Å². The van der Waals surface area contributed by atoms with E-state index >= 15 is 0 Å². The van der Waals surface area contributed by atoms with Crippen LogP contribution in [0, 0.1) is 0 Å². The lowest BCUT2D eigenvalue weighted by atomic mass is 9.87. The van der Waals surface area contributed by atoms with Gasteiger partial charge >= 0.3 is 0 Å². The van der Waals surface area contributed by atoms with Gasteiger partial charge in [0.25, 0.3) is 0 Å². The fourth-order valence-corrected chi connectivity index (χ4v) is 3.23. The van der Waals surface area contributed by atoms with Crippen LogP contribution in [0.5, 0.6) is 0 Å². The minimum Gasteiger partial charge on any atom is -0.253 e. The molecule has 4 rings (SSSR count). The molecule has 0 radical (unpaired) electrons. The molecule has 1 aromatic heterocycles. The van der Waals surface area contributed by atoms with Crippen molar-refractivity contribution in [2.75, 3.05) is 0 Å². The van der Waals surface area contributed by atoms with E-state index in [9.17, 15) is 0 Å². The Bertz CT molecular complexity index is 890. The van der Waals surface area contributed by atoms with Gasteiger partial charge in [-0.2, -0.15) is 0 Å². The standard InChI is InChI=1S/C23H19N/c1-3-9-18(10-4-1)22(19-11-5-2-6-12-19)17-21-16-15-20-13-7-8-14-23(20)24-21/h1-16,22H,17H2. The molecule has 0 amide bonds. The second kappa shape index (κ2) is 6.67. The van der Waals surface area contributed by atoms with E-state index in [1.165, 1.54) is 16.5 Å². The first-order chi connectivity index (χ1) is 11.9. The Kier molecular flexibility index (Phi) is 4.07. The molecule has 116 valence electrons. The van der Waals surface area contributed by atoms with Gasteiger partial charge in [0.15, 0.2) is 0 Å². The summed E-state index contributed by atoms with van der Waals surface area (Å²) >= 11 is 0. The first-order valence-electron chi connectivity index (χ1n) is 8.35. The molecule has 0 unspecified atom stereocenters. The Hall–Kier alpha value is -2.93. The summed E-state index contributed by atoms with van der Waals surface area (Å²) in [5.74, 6) is 0.320. The van der Waals surface area contributed by atoms with Crippen molar-refractivity contribution >= 4 is 10.9 Å². The lowest BCUT2D eigenvalue weighted by Gasteiger charge is -2.18. The molecule has 0 N–H and O–H groups in total. The molecule has 0 saturated heterocycles. The Morgan fingerprint density at radius 1 is 0.583 bits per heavy atom. The lowest BCUT2D eigenvalue weighted by molar-refractivity contribution is 0.786. The quantitative estimate of drug-likeness (QED) is 0.477. The molecule has 0 aliphatic heterocycles. The molecule has 0 saturated carbocycles. The van der Waals surface area contributed by atoms with Crippen LogP contribution in [-0.4, -0.2) is 4.98 Å². The summed E-state index contributed by atoms with van der Waals surface area (Å²) < 4.78 is 0. The zero-order valence-corrected chi connectivity index (χ0v) is 13.5. The number of benzene rings is 3. The molecular formula is C23H19N. The highest BCUT2D eigenvalue weighted by Gasteiger charge is 2.15. The molecule has 1 heteroatoms. The molecule has 0 fully saturated rings. The van der Waals surface area contributed by atoms with Crippen LogP contribution in [0.3, 0.4) is 0 Å². The van der Waals surface area contributed by atoms with Gasteiger partial charge in [0.2, 0.25) is 0 Å². The molecule has 0 aliphatic rings. The van der Waals surface area contributed by atoms with Gasteiger partial charge in [0, 0.05) is 23.4 Å². The monoisotopic (exact) mass is 309 g/mol. The second-order valence-corrected chi connectivity index (χ2v) is 6.07. The van der Waals surface area contributed by atoms with Crippen LogP contribution in [0.2, 0.25) is 0 Å². The maximum atomic E-state index is 4.87. The van der Waals surface area contributed by atoms with Crippen molar-refractivity contribution < 1.29 is 0 Å². The van der Waals surface area contributed by atoms with Gasteiger partial charge in [-0.05, 0) is 23.3 Å². The molecule has 1 nitrogen and oxygen atoms in total. The number of hydrogen-bond acceptors (Lipinski definition) is 1. The average molecular weight is 309 g/mol. The number of aromatic nitrogens is 1. The van der Waals surface area contributed by atoms with Gasteiger partial charge in [-0.1, -0.05) is 84.9 Å². The van der Waals surface area contributed by atoms with Crippen LogP contribution in [0.15, 0.2) is 97.1 Å². The molecule has 0 spiro atoms. The van der Waals surface area contributed by atoms with E-state index in [1.54, 1.807) is 0 Å². The van der Waals surface area contributed by atoms with E-state index in [1.807, 2.05) is 6.07 Å². The van der Waals surface area contributed by atoms with Crippen molar-refractivity contribution in [2.45, 2.75) is 12.3 Å². The van der Waals surface area contributed by atoms with E-state index in [0.29, 0.717) is 5.92 Å². The van der Waals surface area contributed by atoms with Crippen molar-refractivity contribution in [1.82, 2.24) is 4.98 Å². The van der Waals surface area contributed by atoms with Crippen molar-refractivity contribution in [3.8, 4) is 0 Å². The van der Waals surface area contributed by atoms with Crippen LogP contribution in [0.4, 0.5) is 0 Å². The summed E-state index contributed by atoms with van der Waals surface area (Å²) in [5.41, 5.74) is 4.86. The van der Waals surface area contributed by atoms with Gasteiger partial charge in [0.05, 0.1) is 5.52 Å². The fourth-order valence-electron chi connectivity index (χ4n) is 3.23. The van der Waals surface area contributed by atoms with Crippen LogP contribution in [0.1, 0.15) is 22.7 Å². The summed E-state index contributed by atoms with van der Waals surface area (Å²) in [4.78, 5) is 4.87. The van der Waals surface area contributed by atoms with Crippen LogP contribution in [-0.2, 0) is 6.42 Å². The minimum absolute atomic E-state index is 0.320. The van der Waals surface area contributed by atoms with E-state index < -0.39 is 0 Å². The van der Waals surface area contributed by atoms with Gasteiger partial charge in [-0.25, -0.2) is 0 Å². The predicted molar refractivity (Wildman–Crippen MR) is 100 cm³/mol. The Labute approximate surface area is 142 Å². The summed E-state index contributed by atoms with van der Waals surface area (Å²) in [6.45, 7) is 0. The lowest BCUT2D eigenvalue weighted by Crippen LogP contribution is -2.06. The van der Waals surface area contributed by atoms with Gasteiger partial charge in [-0.15, -0.1) is 0 Å². The molecular weight excluding hydrogens is 290 g/mol. The van der Waals surface area contributed by atoms with E-state index in [4.69, 9.17) is 4.98 Å². The van der Waals surface area contributed by atoms with E-state index in [2.05, 4.69) is 91.0 Å². The molecule has 0 atom stereocenters. The highest BCUT2D eigenvalue weighted by molar-refractivity contribution is 5.78. The van der Waals surface area contributed by atoms with Crippen LogP contribution >= 0.6 is 0 Å². The Balaban J connectivity index is 1.73. The fraction of sp³-hybridized carbons (Fsp3) is 0.0870. The molecule has 4 aromatic rings. The highest BCUT2D eigenvalue weighted by Crippen LogP contribution is 2.28. The number of rotatable bonds is 4. The van der Waals surface area contributed by atoms with Gasteiger partial charge in [0.1, 0.15) is 0 Å². The largest absolute Gasteiger partial charge is 0.253 e. The third-order valence-electron chi connectivity index (χ3n) is 4.47. The molecule has 0 aliphatic carbocycles. The molecule has 24 heavy (non-hydrogen) atoms. The maximum Gasteiger partial charge on any atom is 0.0705 e.